The van der Waals surface area contributed by atoms with Crippen LogP contribution in [0.15, 0.2) is 35.6 Å². The molecule has 6 nitrogen and oxygen atoms in total. The number of H-pyrrole nitrogens is 2. The minimum absolute atomic E-state index is 0.190. The van der Waals surface area contributed by atoms with Crippen molar-refractivity contribution >= 4 is 5.91 Å². The van der Waals surface area contributed by atoms with Crippen LogP contribution in [0.4, 0.5) is 0 Å². The topological polar surface area (TPSA) is 90.6 Å². The molecule has 0 aliphatic carbocycles. The Labute approximate surface area is 90.7 Å². The third kappa shape index (κ3) is 2.35. The Balaban J connectivity index is 1.98. The molecule has 0 unspecified atom stereocenters. The first-order valence-corrected chi connectivity index (χ1v) is 4.70. The van der Waals surface area contributed by atoms with Gasteiger partial charge in [-0.3, -0.25) is 9.59 Å². The highest BCUT2D eigenvalue weighted by Crippen LogP contribution is 1.96. The maximum Gasteiger partial charge on any atom is 0.271 e. The number of hydrogen-bond donors (Lipinski definition) is 3. The highest BCUT2D eigenvalue weighted by atomic mass is 16.2. The van der Waals surface area contributed by atoms with Crippen LogP contribution in [0.25, 0.3) is 0 Å². The lowest BCUT2D eigenvalue weighted by Crippen LogP contribution is -2.24. The first-order chi connectivity index (χ1) is 7.75. The maximum atomic E-state index is 11.5. The van der Waals surface area contributed by atoms with Crippen molar-refractivity contribution in [2.24, 2.45) is 0 Å². The van der Waals surface area contributed by atoms with Gasteiger partial charge in [0.05, 0.1) is 6.20 Å². The molecule has 2 rings (SSSR count). The van der Waals surface area contributed by atoms with Gasteiger partial charge in [-0.05, 0) is 11.6 Å². The van der Waals surface area contributed by atoms with Gasteiger partial charge in [0.25, 0.3) is 11.5 Å². The molecule has 2 aromatic heterocycles. The minimum Gasteiger partial charge on any atom is -0.367 e. The fraction of sp³-hybridized carbons (Fsp3) is 0.100. The number of amides is 1. The lowest BCUT2D eigenvalue weighted by molar-refractivity contribution is 0.0945. The molecule has 0 saturated carbocycles. The first-order valence-electron chi connectivity index (χ1n) is 4.70. The van der Waals surface area contributed by atoms with Gasteiger partial charge in [-0.2, -0.15) is 0 Å². The predicted molar refractivity (Wildman–Crippen MR) is 56.8 cm³/mol. The number of nitrogens with one attached hydrogen (secondary N) is 3. The smallest absolute Gasteiger partial charge is 0.271 e. The summed E-state index contributed by atoms with van der Waals surface area (Å²) in [6.07, 6.45) is 5.93. The fourth-order valence-electron chi connectivity index (χ4n) is 1.21. The molecule has 82 valence electrons. The molecule has 0 atom stereocenters. The van der Waals surface area contributed by atoms with E-state index < -0.39 is 0 Å². The van der Waals surface area contributed by atoms with Crippen molar-refractivity contribution in [2.45, 2.75) is 6.54 Å². The van der Waals surface area contributed by atoms with Crippen molar-refractivity contribution in [1.82, 2.24) is 20.3 Å². The van der Waals surface area contributed by atoms with Gasteiger partial charge < -0.3 is 15.3 Å². The van der Waals surface area contributed by atoms with E-state index in [2.05, 4.69) is 20.3 Å². The van der Waals surface area contributed by atoms with E-state index >= 15 is 0 Å². The number of hydrogen-bond acceptors (Lipinski definition) is 3. The first kappa shape index (κ1) is 10.2. The Kier molecular flexibility index (Phi) is 2.81. The van der Waals surface area contributed by atoms with Crippen molar-refractivity contribution in [3.05, 3.63) is 52.5 Å². The highest BCUT2D eigenvalue weighted by molar-refractivity contribution is 5.91. The van der Waals surface area contributed by atoms with Crippen LogP contribution in [-0.4, -0.2) is 20.9 Å². The summed E-state index contributed by atoms with van der Waals surface area (Å²) >= 11 is 0. The van der Waals surface area contributed by atoms with E-state index in [4.69, 9.17) is 0 Å². The van der Waals surface area contributed by atoms with Gasteiger partial charge in [0.15, 0.2) is 0 Å². The van der Waals surface area contributed by atoms with Gasteiger partial charge in [-0.15, -0.1) is 0 Å². The van der Waals surface area contributed by atoms with Crippen LogP contribution >= 0.6 is 0 Å². The van der Waals surface area contributed by atoms with E-state index in [1.807, 2.05) is 6.07 Å². The number of carbonyl (C=O) groups is 1. The van der Waals surface area contributed by atoms with Crippen LogP contribution in [-0.2, 0) is 6.54 Å². The van der Waals surface area contributed by atoms with E-state index in [-0.39, 0.29) is 17.2 Å². The van der Waals surface area contributed by atoms with E-state index in [0.717, 1.165) is 11.8 Å². The molecule has 0 aliphatic heterocycles. The predicted octanol–water partition coefficient (Wildman–Crippen LogP) is 0.0280. The number of carbonyl (C=O) groups excluding carboxylic acids is 1. The molecule has 0 spiro atoms. The molecule has 0 saturated heterocycles. The van der Waals surface area contributed by atoms with Gasteiger partial charge >= 0.3 is 0 Å². The third-order valence-corrected chi connectivity index (χ3v) is 2.02. The molecule has 16 heavy (non-hydrogen) atoms. The quantitative estimate of drug-likeness (QED) is 0.678. The fourth-order valence-corrected chi connectivity index (χ4v) is 1.21. The van der Waals surface area contributed by atoms with Crippen molar-refractivity contribution in [3.8, 4) is 0 Å². The molecule has 1 amide bonds. The second kappa shape index (κ2) is 4.43. The SMILES string of the molecule is O=C(NCc1cc[nH]c1)c1c[nH]c(=O)cn1. The summed E-state index contributed by atoms with van der Waals surface area (Å²) < 4.78 is 0. The second-order valence-electron chi connectivity index (χ2n) is 3.20. The molecule has 0 radical (unpaired) electrons. The summed E-state index contributed by atoms with van der Waals surface area (Å²) in [6.45, 7) is 0.420. The normalized spacial score (nSPS) is 10.0. The van der Waals surface area contributed by atoms with Crippen LogP contribution in [0.5, 0.6) is 0 Å². The Hall–Kier alpha value is -2.37. The number of rotatable bonds is 3. The van der Waals surface area contributed by atoms with Gasteiger partial charge in [0, 0.05) is 25.1 Å². The zero-order chi connectivity index (χ0) is 11.4. The van der Waals surface area contributed by atoms with Crippen LogP contribution < -0.4 is 10.9 Å². The maximum absolute atomic E-state index is 11.5. The summed E-state index contributed by atoms with van der Waals surface area (Å²) in [5.74, 6) is -0.322. The molecular formula is C10H10N4O2. The lowest BCUT2D eigenvalue weighted by Gasteiger charge is -2.01. The van der Waals surface area contributed by atoms with Crippen molar-refractivity contribution in [3.63, 3.8) is 0 Å². The molecule has 0 aliphatic rings. The third-order valence-electron chi connectivity index (χ3n) is 2.02. The van der Waals surface area contributed by atoms with Gasteiger partial charge in [0.1, 0.15) is 5.69 Å². The zero-order valence-electron chi connectivity index (χ0n) is 8.36. The monoisotopic (exact) mass is 218 g/mol. The van der Waals surface area contributed by atoms with Gasteiger partial charge in [-0.25, -0.2) is 4.98 Å². The molecule has 0 bridgehead atoms. The Bertz CT molecular complexity index is 510. The summed E-state index contributed by atoms with van der Waals surface area (Å²) in [5, 5.41) is 2.68. The molecule has 0 fully saturated rings. The van der Waals surface area contributed by atoms with Gasteiger partial charge in [-0.1, -0.05) is 0 Å². The summed E-state index contributed by atoms with van der Waals surface area (Å²) in [6, 6.07) is 1.86. The Morgan fingerprint density at radius 1 is 1.44 bits per heavy atom. The van der Waals surface area contributed by atoms with Crippen LogP contribution in [0, 0.1) is 0 Å². The van der Waals surface area contributed by atoms with E-state index in [9.17, 15) is 9.59 Å². The average Bonchev–Trinajstić information content (AvgIpc) is 2.80. The highest BCUT2D eigenvalue weighted by Gasteiger charge is 2.06. The van der Waals surface area contributed by atoms with Crippen LogP contribution in [0.1, 0.15) is 16.1 Å². The lowest BCUT2D eigenvalue weighted by atomic mass is 10.3. The van der Waals surface area contributed by atoms with Crippen molar-refractivity contribution in [1.29, 1.82) is 0 Å². The molecule has 2 heterocycles. The Morgan fingerprint density at radius 2 is 2.31 bits per heavy atom. The Morgan fingerprint density at radius 3 is 2.94 bits per heavy atom. The van der Waals surface area contributed by atoms with Gasteiger partial charge in [0.2, 0.25) is 0 Å². The zero-order valence-corrected chi connectivity index (χ0v) is 8.36. The van der Waals surface area contributed by atoms with Crippen molar-refractivity contribution in [2.75, 3.05) is 0 Å². The minimum atomic E-state index is -0.331. The molecule has 0 aromatic carbocycles. The number of nitrogens with zero attached hydrogens (tertiary/aromatic N) is 1. The van der Waals surface area contributed by atoms with E-state index in [1.54, 1.807) is 12.4 Å². The molecule has 6 heteroatoms. The summed E-state index contributed by atoms with van der Waals surface area (Å²) in [7, 11) is 0. The standard InChI is InChI=1S/C10H10N4O2/c15-9-6-12-8(5-13-9)10(16)14-4-7-1-2-11-3-7/h1-3,5-6,11H,4H2,(H,13,15)(H,14,16). The number of aromatic nitrogens is 3. The summed E-state index contributed by atoms with van der Waals surface area (Å²) in [4.78, 5) is 31.3. The van der Waals surface area contributed by atoms with E-state index in [0.29, 0.717) is 6.54 Å². The van der Waals surface area contributed by atoms with Crippen LogP contribution in [0.2, 0.25) is 0 Å². The van der Waals surface area contributed by atoms with Crippen LogP contribution in [0.3, 0.4) is 0 Å². The average molecular weight is 218 g/mol. The van der Waals surface area contributed by atoms with E-state index in [1.165, 1.54) is 6.20 Å². The second-order valence-corrected chi connectivity index (χ2v) is 3.20. The largest absolute Gasteiger partial charge is 0.367 e. The molecule has 3 N–H and O–H groups in total. The molecule has 2 aromatic rings. The van der Waals surface area contributed by atoms with Crippen molar-refractivity contribution < 1.29 is 4.79 Å². The molecular weight excluding hydrogens is 208 g/mol. The summed E-state index contributed by atoms with van der Waals surface area (Å²) in [5.41, 5.74) is 0.829. The number of aromatic amines is 2.